The predicted molar refractivity (Wildman–Crippen MR) is 112 cm³/mol. The van der Waals surface area contributed by atoms with E-state index < -0.39 is 10.0 Å². The Morgan fingerprint density at radius 3 is 2.55 bits per heavy atom. The van der Waals surface area contributed by atoms with E-state index in [9.17, 15) is 13.2 Å². The Bertz CT molecular complexity index is 987. The van der Waals surface area contributed by atoms with Crippen molar-refractivity contribution in [2.24, 2.45) is 0 Å². The number of hydrogen-bond donors (Lipinski definition) is 0. The number of rotatable bonds is 4. The number of amides is 1. The molecular formula is C19H22ClN3O4S2. The molecule has 156 valence electrons. The molecule has 0 bridgehead atoms. The van der Waals surface area contributed by atoms with Gasteiger partial charge in [-0.15, -0.1) is 11.3 Å². The van der Waals surface area contributed by atoms with E-state index in [1.807, 2.05) is 24.3 Å². The van der Waals surface area contributed by atoms with Gasteiger partial charge in [-0.2, -0.15) is 4.31 Å². The second-order valence-corrected chi connectivity index (χ2v) is 10.9. The molecule has 0 unspecified atom stereocenters. The maximum atomic E-state index is 12.8. The molecular weight excluding hydrogens is 434 g/mol. The monoisotopic (exact) mass is 455 g/mol. The van der Waals surface area contributed by atoms with Crippen LogP contribution < -0.4 is 4.74 Å². The highest BCUT2D eigenvalue weighted by atomic mass is 35.5. The fourth-order valence-corrected chi connectivity index (χ4v) is 6.61. The summed E-state index contributed by atoms with van der Waals surface area (Å²) in [6.07, 6.45) is 0. The first kappa shape index (κ1) is 20.6. The van der Waals surface area contributed by atoms with Crippen molar-refractivity contribution in [2.75, 3.05) is 45.9 Å². The topological polar surface area (TPSA) is 70.2 Å². The van der Waals surface area contributed by atoms with Gasteiger partial charge in [0, 0.05) is 44.8 Å². The van der Waals surface area contributed by atoms with Gasteiger partial charge in [-0.3, -0.25) is 9.69 Å². The standard InChI is InChI=1S/C19H22ClN3O4S2/c20-17-5-6-19(28-17)29(25,26)23-9-7-22(8-10-23)18(24)14-21-11-12-27-16-4-2-1-3-15(16)13-21/h1-6H,7-14H2. The van der Waals surface area contributed by atoms with Crippen LogP contribution in [0.15, 0.2) is 40.6 Å². The van der Waals surface area contributed by atoms with Crippen LogP contribution in [0.1, 0.15) is 5.56 Å². The van der Waals surface area contributed by atoms with Gasteiger partial charge in [-0.05, 0) is 18.2 Å². The first-order valence-electron chi connectivity index (χ1n) is 9.40. The Kier molecular flexibility index (Phi) is 6.12. The number of thiophene rings is 1. The predicted octanol–water partition coefficient (Wildman–Crippen LogP) is 2.13. The average molecular weight is 456 g/mol. The van der Waals surface area contributed by atoms with Crippen LogP contribution in [0.3, 0.4) is 0 Å². The molecule has 0 N–H and O–H groups in total. The summed E-state index contributed by atoms with van der Waals surface area (Å²) in [5.41, 5.74) is 1.07. The highest BCUT2D eigenvalue weighted by Gasteiger charge is 2.31. The number of hydrogen-bond acceptors (Lipinski definition) is 6. The third kappa shape index (κ3) is 4.59. The van der Waals surface area contributed by atoms with Crippen molar-refractivity contribution in [1.82, 2.24) is 14.1 Å². The molecule has 0 spiro atoms. The first-order chi connectivity index (χ1) is 13.9. The summed E-state index contributed by atoms with van der Waals surface area (Å²) < 4.78 is 33.3. The molecule has 1 amide bonds. The molecule has 7 nitrogen and oxygen atoms in total. The molecule has 10 heteroatoms. The number of ether oxygens (including phenoxy) is 1. The van der Waals surface area contributed by atoms with Gasteiger partial charge >= 0.3 is 0 Å². The van der Waals surface area contributed by atoms with E-state index in [0.29, 0.717) is 43.7 Å². The first-order valence-corrected chi connectivity index (χ1v) is 12.0. The van der Waals surface area contributed by atoms with E-state index in [1.165, 1.54) is 10.4 Å². The van der Waals surface area contributed by atoms with Crippen LogP contribution in [0, 0.1) is 0 Å². The average Bonchev–Trinajstić information content (AvgIpc) is 3.06. The van der Waals surface area contributed by atoms with Crippen LogP contribution >= 0.6 is 22.9 Å². The number of halogens is 1. The van der Waals surface area contributed by atoms with Crippen LogP contribution in [0.5, 0.6) is 5.75 Å². The van der Waals surface area contributed by atoms with E-state index in [4.69, 9.17) is 16.3 Å². The second-order valence-electron chi connectivity index (χ2n) is 7.01. The second kappa shape index (κ2) is 8.61. The van der Waals surface area contributed by atoms with Crippen molar-refractivity contribution < 1.29 is 17.9 Å². The third-order valence-electron chi connectivity index (χ3n) is 5.12. The number of nitrogens with zero attached hydrogens (tertiary/aromatic N) is 3. The lowest BCUT2D eigenvalue weighted by Gasteiger charge is -2.34. The van der Waals surface area contributed by atoms with E-state index >= 15 is 0 Å². The molecule has 2 aliphatic heterocycles. The largest absolute Gasteiger partial charge is 0.492 e. The minimum absolute atomic E-state index is 0.0144. The van der Waals surface area contributed by atoms with Crippen molar-refractivity contribution in [2.45, 2.75) is 10.8 Å². The maximum Gasteiger partial charge on any atom is 0.252 e. The maximum absolute atomic E-state index is 12.8. The van der Waals surface area contributed by atoms with E-state index in [1.54, 1.807) is 11.0 Å². The van der Waals surface area contributed by atoms with Crippen LogP contribution in [0.4, 0.5) is 0 Å². The Hall–Kier alpha value is -1.65. The minimum atomic E-state index is -3.55. The van der Waals surface area contributed by atoms with E-state index in [2.05, 4.69) is 4.90 Å². The van der Waals surface area contributed by atoms with E-state index in [0.717, 1.165) is 22.6 Å². The summed E-state index contributed by atoms with van der Waals surface area (Å²) in [5.74, 6) is 0.885. The van der Waals surface area contributed by atoms with Crippen molar-refractivity contribution in [3.8, 4) is 5.75 Å². The number of benzene rings is 1. The number of fused-ring (bicyclic) bond motifs is 1. The Morgan fingerprint density at radius 2 is 1.83 bits per heavy atom. The van der Waals surface area contributed by atoms with E-state index in [-0.39, 0.29) is 23.2 Å². The van der Waals surface area contributed by atoms with Gasteiger partial charge in [0.05, 0.1) is 10.9 Å². The van der Waals surface area contributed by atoms with Gasteiger partial charge in [0.1, 0.15) is 16.6 Å². The number of para-hydroxylation sites is 1. The van der Waals surface area contributed by atoms with Gasteiger partial charge in [-0.1, -0.05) is 29.8 Å². The molecule has 29 heavy (non-hydrogen) atoms. The summed E-state index contributed by atoms with van der Waals surface area (Å²) in [5, 5.41) is 0. The Balaban J connectivity index is 1.34. The van der Waals surface area contributed by atoms with Gasteiger partial charge in [0.2, 0.25) is 5.91 Å². The van der Waals surface area contributed by atoms with Crippen LogP contribution in [0.25, 0.3) is 0 Å². The lowest BCUT2D eigenvalue weighted by Crippen LogP contribution is -2.52. The molecule has 1 aromatic carbocycles. The molecule has 4 rings (SSSR count). The molecule has 0 atom stereocenters. The lowest BCUT2D eigenvalue weighted by molar-refractivity contribution is -0.133. The number of carbonyl (C=O) groups excluding carboxylic acids is 1. The molecule has 1 aromatic heterocycles. The van der Waals surface area contributed by atoms with Crippen molar-refractivity contribution in [3.63, 3.8) is 0 Å². The summed E-state index contributed by atoms with van der Waals surface area (Å²) >= 11 is 6.93. The normalized spacial score (nSPS) is 18.7. The Morgan fingerprint density at radius 1 is 1.07 bits per heavy atom. The fourth-order valence-electron chi connectivity index (χ4n) is 3.55. The van der Waals surface area contributed by atoms with Crippen LogP contribution in [-0.2, 0) is 21.4 Å². The third-order valence-corrected chi connectivity index (χ3v) is 8.72. The zero-order valence-electron chi connectivity index (χ0n) is 15.8. The van der Waals surface area contributed by atoms with Crippen molar-refractivity contribution in [3.05, 3.63) is 46.3 Å². The molecule has 0 radical (unpaired) electrons. The van der Waals surface area contributed by atoms with Crippen LogP contribution in [-0.4, -0.2) is 74.3 Å². The summed E-state index contributed by atoms with van der Waals surface area (Å²) in [6.45, 7) is 3.52. The smallest absolute Gasteiger partial charge is 0.252 e. The van der Waals surface area contributed by atoms with Gasteiger partial charge in [-0.25, -0.2) is 8.42 Å². The number of sulfonamides is 1. The molecule has 0 saturated carbocycles. The lowest BCUT2D eigenvalue weighted by atomic mass is 10.2. The highest BCUT2D eigenvalue weighted by molar-refractivity contribution is 7.91. The molecule has 1 fully saturated rings. The summed E-state index contributed by atoms with van der Waals surface area (Å²) in [7, 11) is -3.55. The van der Waals surface area contributed by atoms with Gasteiger partial charge < -0.3 is 9.64 Å². The summed E-state index contributed by atoms with van der Waals surface area (Å²) in [6, 6.07) is 11.0. The molecule has 3 heterocycles. The van der Waals surface area contributed by atoms with Crippen LogP contribution in [0.2, 0.25) is 4.34 Å². The SMILES string of the molecule is O=C(CN1CCOc2ccccc2C1)N1CCN(S(=O)(=O)c2ccc(Cl)s2)CC1. The molecule has 0 aliphatic carbocycles. The van der Waals surface area contributed by atoms with Crippen molar-refractivity contribution >= 4 is 38.9 Å². The number of carbonyl (C=O) groups is 1. The summed E-state index contributed by atoms with van der Waals surface area (Å²) in [4.78, 5) is 16.6. The molecule has 2 aromatic rings. The molecule has 2 aliphatic rings. The van der Waals surface area contributed by atoms with Gasteiger partial charge in [0.15, 0.2) is 0 Å². The zero-order valence-corrected chi connectivity index (χ0v) is 18.2. The quantitative estimate of drug-likeness (QED) is 0.706. The minimum Gasteiger partial charge on any atom is -0.492 e. The molecule has 1 saturated heterocycles. The van der Waals surface area contributed by atoms with Gasteiger partial charge in [0.25, 0.3) is 10.0 Å². The highest BCUT2D eigenvalue weighted by Crippen LogP contribution is 2.28. The van der Waals surface area contributed by atoms with Crippen molar-refractivity contribution in [1.29, 1.82) is 0 Å². The fraction of sp³-hybridized carbons (Fsp3) is 0.421. The Labute approximate surface area is 179 Å². The zero-order chi connectivity index (χ0) is 20.4. The number of piperazine rings is 1.